The molecule has 0 saturated heterocycles. The van der Waals surface area contributed by atoms with Gasteiger partial charge in [-0.3, -0.25) is 0 Å². The Hall–Kier alpha value is -2.28. The topological polar surface area (TPSA) is 67.6 Å². The monoisotopic (exact) mass is 198 g/mol. The summed E-state index contributed by atoms with van der Waals surface area (Å²) in [6.07, 6.45) is 5.60. The fourth-order valence-corrected chi connectivity index (χ4v) is 1.40. The lowest BCUT2D eigenvalue weighted by atomic mass is 10.1. The van der Waals surface area contributed by atoms with E-state index in [4.69, 9.17) is 11.0 Å². The van der Waals surface area contributed by atoms with Crippen molar-refractivity contribution in [2.75, 3.05) is 5.73 Å². The van der Waals surface area contributed by atoms with Crippen molar-refractivity contribution in [3.8, 4) is 11.8 Å². The molecule has 1 aromatic carbocycles. The Morgan fingerprint density at radius 1 is 1.47 bits per heavy atom. The molecule has 0 atom stereocenters. The van der Waals surface area contributed by atoms with Crippen LogP contribution < -0.4 is 5.73 Å². The third-order valence-electron chi connectivity index (χ3n) is 2.20. The number of rotatable bonds is 2. The lowest BCUT2D eigenvalue weighted by molar-refractivity contribution is 1.05. The number of aromatic nitrogens is 2. The van der Waals surface area contributed by atoms with Crippen LogP contribution >= 0.6 is 0 Å². The van der Waals surface area contributed by atoms with Gasteiger partial charge in [-0.05, 0) is 23.8 Å². The first-order valence-corrected chi connectivity index (χ1v) is 4.55. The fraction of sp³-hybridized carbons (Fsp3) is 0.0909. The zero-order valence-corrected chi connectivity index (χ0v) is 8.09. The van der Waals surface area contributed by atoms with Gasteiger partial charge < -0.3 is 10.3 Å². The number of hydrogen-bond donors (Lipinski definition) is 1. The van der Waals surface area contributed by atoms with Gasteiger partial charge >= 0.3 is 0 Å². The van der Waals surface area contributed by atoms with Crippen LogP contribution in [0.5, 0.6) is 0 Å². The van der Waals surface area contributed by atoms with Crippen molar-refractivity contribution < 1.29 is 0 Å². The summed E-state index contributed by atoms with van der Waals surface area (Å²) in [6, 6.07) is 7.70. The minimum atomic E-state index is 0.328. The van der Waals surface area contributed by atoms with Gasteiger partial charge in [0.1, 0.15) is 0 Å². The average molecular weight is 198 g/mol. The van der Waals surface area contributed by atoms with E-state index in [0.29, 0.717) is 12.1 Å². The molecule has 2 N–H and O–H groups in total. The number of anilines is 1. The predicted octanol–water partition coefficient (Wildman–Crippen LogP) is 1.52. The fourth-order valence-electron chi connectivity index (χ4n) is 1.40. The third kappa shape index (κ3) is 1.81. The van der Waals surface area contributed by atoms with Gasteiger partial charge in [0.05, 0.1) is 18.8 Å². The Morgan fingerprint density at radius 3 is 3.00 bits per heavy atom. The Bertz CT molecular complexity index is 494. The standard InChI is InChI=1S/C11H10N4/c12-4-3-9-7-10(1-2-11(9)13)15-6-5-14-8-15/h1-2,5-8H,3,13H2. The van der Waals surface area contributed by atoms with Gasteiger partial charge in [0.25, 0.3) is 0 Å². The van der Waals surface area contributed by atoms with Crippen molar-refractivity contribution in [2.24, 2.45) is 0 Å². The first-order chi connectivity index (χ1) is 7.31. The average Bonchev–Trinajstić information content (AvgIpc) is 2.75. The molecule has 4 heteroatoms. The van der Waals surface area contributed by atoms with E-state index < -0.39 is 0 Å². The molecule has 0 spiro atoms. The van der Waals surface area contributed by atoms with Crippen LogP contribution in [0.25, 0.3) is 5.69 Å². The van der Waals surface area contributed by atoms with Crippen LogP contribution in [0.4, 0.5) is 5.69 Å². The highest BCUT2D eigenvalue weighted by Gasteiger charge is 2.01. The predicted molar refractivity (Wildman–Crippen MR) is 57.3 cm³/mol. The summed E-state index contributed by atoms with van der Waals surface area (Å²) in [6.45, 7) is 0. The molecule has 0 aliphatic carbocycles. The highest BCUT2D eigenvalue weighted by atomic mass is 15.0. The van der Waals surface area contributed by atoms with E-state index in [1.165, 1.54) is 0 Å². The lowest BCUT2D eigenvalue weighted by Crippen LogP contribution is -1.97. The number of nitrogen functional groups attached to an aromatic ring is 1. The van der Waals surface area contributed by atoms with Gasteiger partial charge in [0.2, 0.25) is 0 Å². The number of hydrogen-bond acceptors (Lipinski definition) is 3. The zero-order chi connectivity index (χ0) is 10.7. The molecule has 15 heavy (non-hydrogen) atoms. The maximum Gasteiger partial charge on any atom is 0.0991 e. The molecule has 0 aliphatic rings. The molecule has 1 heterocycles. The Labute approximate surface area is 87.6 Å². The summed E-state index contributed by atoms with van der Waals surface area (Å²) < 4.78 is 1.88. The molecule has 0 amide bonds. The van der Waals surface area contributed by atoms with E-state index >= 15 is 0 Å². The first kappa shape index (κ1) is 9.28. The molecule has 0 bridgehead atoms. The minimum absolute atomic E-state index is 0.328. The van der Waals surface area contributed by atoms with E-state index in [1.54, 1.807) is 12.5 Å². The minimum Gasteiger partial charge on any atom is -0.398 e. The Balaban J connectivity index is 2.44. The maximum atomic E-state index is 8.64. The molecule has 4 nitrogen and oxygen atoms in total. The largest absolute Gasteiger partial charge is 0.398 e. The van der Waals surface area contributed by atoms with Crippen molar-refractivity contribution in [1.82, 2.24) is 9.55 Å². The summed E-state index contributed by atoms with van der Waals surface area (Å²) in [5.41, 5.74) is 8.22. The molecule has 0 saturated carbocycles. The summed E-state index contributed by atoms with van der Waals surface area (Å²) in [5.74, 6) is 0. The van der Waals surface area contributed by atoms with Gasteiger partial charge in [-0.2, -0.15) is 5.26 Å². The number of nitrogens with zero attached hydrogens (tertiary/aromatic N) is 3. The SMILES string of the molecule is N#CCc1cc(-n2ccnc2)ccc1N. The molecule has 1 aromatic heterocycles. The lowest BCUT2D eigenvalue weighted by Gasteiger charge is -2.06. The maximum absolute atomic E-state index is 8.64. The van der Waals surface area contributed by atoms with Crippen LogP contribution in [-0.2, 0) is 6.42 Å². The first-order valence-electron chi connectivity index (χ1n) is 4.55. The van der Waals surface area contributed by atoms with Crippen molar-refractivity contribution >= 4 is 5.69 Å². The van der Waals surface area contributed by atoms with E-state index in [1.807, 2.05) is 29.0 Å². The second-order valence-corrected chi connectivity index (χ2v) is 3.19. The van der Waals surface area contributed by atoms with Gasteiger partial charge in [0.15, 0.2) is 0 Å². The molecule has 0 aliphatic heterocycles. The van der Waals surface area contributed by atoms with Crippen molar-refractivity contribution in [3.05, 3.63) is 42.5 Å². The number of imidazole rings is 1. The van der Waals surface area contributed by atoms with E-state index in [9.17, 15) is 0 Å². The summed E-state index contributed by atoms with van der Waals surface area (Å²) in [7, 11) is 0. The second kappa shape index (κ2) is 3.84. The second-order valence-electron chi connectivity index (χ2n) is 3.19. The highest BCUT2D eigenvalue weighted by Crippen LogP contribution is 2.17. The molecule has 74 valence electrons. The molecular weight excluding hydrogens is 188 g/mol. The molecule has 2 rings (SSSR count). The van der Waals surface area contributed by atoms with Crippen LogP contribution in [0, 0.1) is 11.3 Å². The number of benzene rings is 1. The van der Waals surface area contributed by atoms with Crippen molar-refractivity contribution in [3.63, 3.8) is 0 Å². The number of nitriles is 1. The Morgan fingerprint density at radius 2 is 2.33 bits per heavy atom. The van der Waals surface area contributed by atoms with Crippen molar-refractivity contribution in [1.29, 1.82) is 5.26 Å². The molecular formula is C11H10N4. The van der Waals surface area contributed by atoms with Crippen LogP contribution in [0.3, 0.4) is 0 Å². The summed E-state index contributed by atoms with van der Waals surface area (Å²) >= 11 is 0. The van der Waals surface area contributed by atoms with E-state index in [0.717, 1.165) is 11.3 Å². The number of nitrogens with two attached hydrogens (primary N) is 1. The smallest absolute Gasteiger partial charge is 0.0991 e. The van der Waals surface area contributed by atoms with Crippen LogP contribution in [0.2, 0.25) is 0 Å². The molecule has 0 unspecified atom stereocenters. The highest BCUT2D eigenvalue weighted by molar-refractivity contribution is 5.53. The molecule has 2 aromatic rings. The normalized spacial score (nSPS) is 9.80. The Kier molecular flexibility index (Phi) is 2.38. The van der Waals surface area contributed by atoms with Gasteiger partial charge in [0, 0.05) is 23.8 Å². The quantitative estimate of drug-likeness (QED) is 0.744. The van der Waals surface area contributed by atoms with E-state index in [2.05, 4.69) is 11.1 Å². The molecule has 0 fully saturated rings. The van der Waals surface area contributed by atoms with Crippen LogP contribution in [0.15, 0.2) is 36.9 Å². The van der Waals surface area contributed by atoms with Gasteiger partial charge in [-0.25, -0.2) is 4.98 Å². The zero-order valence-electron chi connectivity index (χ0n) is 8.09. The van der Waals surface area contributed by atoms with Crippen LogP contribution in [-0.4, -0.2) is 9.55 Å². The summed E-state index contributed by atoms with van der Waals surface area (Å²) in [5, 5.41) is 8.64. The van der Waals surface area contributed by atoms with E-state index in [-0.39, 0.29) is 0 Å². The summed E-state index contributed by atoms with van der Waals surface area (Å²) in [4.78, 5) is 3.96. The van der Waals surface area contributed by atoms with Crippen molar-refractivity contribution in [2.45, 2.75) is 6.42 Å². The van der Waals surface area contributed by atoms with Gasteiger partial charge in [-0.1, -0.05) is 0 Å². The molecule has 0 radical (unpaired) electrons. The van der Waals surface area contributed by atoms with Gasteiger partial charge in [-0.15, -0.1) is 0 Å². The third-order valence-corrected chi connectivity index (χ3v) is 2.20. The van der Waals surface area contributed by atoms with Crippen LogP contribution in [0.1, 0.15) is 5.56 Å².